The number of carbonyl (C=O) groups is 1. The van der Waals surface area contributed by atoms with Gasteiger partial charge in [-0.25, -0.2) is 0 Å². The Kier molecular flexibility index (Phi) is 7.24. The van der Waals surface area contributed by atoms with E-state index in [1.54, 1.807) is 11.8 Å². The Bertz CT molecular complexity index is 851. The first-order valence-electron chi connectivity index (χ1n) is 8.68. The predicted molar refractivity (Wildman–Crippen MR) is 110 cm³/mol. The van der Waals surface area contributed by atoms with Gasteiger partial charge in [-0.3, -0.25) is 4.79 Å². The van der Waals surface area contributed by atoms with Crippen LogP contribution < -0.4 is 10.1 Å². The second-order valence-corrected chi connectivity index (χ2v) is 8.16. The zero-order chi connectivity index (χ0) is 18.9. The molecule has 0 spiro atoms. The largest absolute Gasteiger partial charge is 0.494 e. The van der Waals surface area contributed by atoms with E-state index < -0.39 is 0 Å². The molecule has 27 heavy (non-hydrogen) atoms. The van der Waals surface area contributed by atoms with Gasteiger partial charge >= 0.3 is 0 Å². The van der Waals surface area contributed by atoms with Crippen molar-refractivity contribution < 1.29 is 9.53 Å². The van der Waals surface area contributed by atoms with E-state index in [9.17, 15) is 4.79 Å². The topological polar surface area (TPSA) is 64.1 Å². The highest BCUT2D eigenvalue weighted by atomic mass is 32.2. The van der Waals surface area contributed by atoms with Crippen LogP contribution >= 0.6 is 23.1 Å². The van der Waals surface area contributed by atoms with Crippen LogP contribution in [0, 0.1) is 6.92 Å². The van der Waals surface area contributed by atoms with Crippen molar-refractivity contribution in [3.8, 4) is 5.75 Å². The molecule has 0 unspecified atom stereocenters. The van der Waals surface area contributed by atoms with Gasteiger partial charge in [0, 0.05) is 12.2 Å². The lowest BCUT2D eigenvalue weighted by Gasteiger charge is -2.06. The van der Waals surface area contributed by atoms with E-state index in [0.29, 0.717) is 24.6 Å². The molecular weight excluding hydrogens is 378 g/mol. The summed E-state index contributed by atoms with van der Waals surface area (Å²) in [6, 6.07) is 18.1. The average Bonchev–Trinajstić information content (AvgIpc) is 3.13. The second kappa shape index (κ2) is 10.1. The summed E-state index contributed by atoms with van der Waals surface area (Å²) in [5.74, 6) is 1.59. The highest BCUT2D eigenvalue weighted by Crippen LogP contribution is 2.28. The molecule has 1 amide bonds. The van der Waals surface area contributed by atoms with E-state index in [-0.39, 0.29) is 5.91 Å². The van der Waals surface area contributed by atoms with Crippen molar-refractivity contribution in [2.75, 3.05) is 11.9 Å². The minimum absolute atomic E-state index is 0.0711. The molecule has 7 heteroatoms. The molecule has 5 nitrogen and oxygen atoms in total. The van der Waals surface area contributed by atoms with Gasteiger partial charge in [-0.15, -0.1) is 10.2 Å². The Morgan fingerprint density at radius 1 is 1.11 bits per heavy atom. The van der Waals surface area contributed by atoms with Crippen molar-refractivity contribution in [3.63, 3.8) is 0 Å². The third-order valence-corrected chi connectivity index (χ3v) is 5.74. The van der Waals surface area contributed by atoms with E-state index in [4.69, 9.17) is 4.74 Å². The molecule has 0 saturated heterocycles. The number of amides is 1. The van der Waals surface area contributed by atoms with Gasteiger partial charge in [0.1, 0.15) is 5.75 Å². The molecule has 0 aliphatic carbocycles. The number of nitrogens with one attached hydrogen (secondary N) is 1. The van der Waals surface area contributed by atoms with Crippen molar-refractivity contribution in [2.24, 2.45) is 0 Å². The van der Waals surface area contributed by atoms with Crippen LogP contribution in [0.15, 0.2) is 58.9 Å². The first kappa shape index (κ1) is 19.4. The van der Waals surface area contributed by atoms with Crippen LogP contribution in [0.4, 0.5) is 5.13 Å². The smallest absolute Gasteiger partial charge is 0.226 e. The molecule has 2 aromatic carbocycles. The van der Waals surface area contributed by atoms with Gasteiger partial charge in [0.05, 0.1) is 6.61 Å². The predicted octanol–water partition coefficient (Wildman–Crippen LogP) is 4.94. The Balaban J connectivity index is 1.35. The van der Waals surface area contributed by atoms with E-state index in [0.717, 1.165) is 15.8 Å². The number of rotatable bonds is 9. The van der Waals surface area contributed by atoms with Crippen LogP contribution in [0.5, 0.6) is 5.75 Å². The van der Waals surface area contributed by atoms with E-state index in [1.807, 2.05) is 49.4 Å². The highest BCUT2D eigenvalue weighted by Gasteiger charge is 2.09. The maximum Gasteiger partial charge on any atom is 0.226 e. The number of ether oxygens (including phenoxy) is 1. The first-order chi connectivity index (χ1) is 13.2. The molecule has 3 rings (SSSR count). The van der Waals surface area contributed by atoms with Crippen LogP contribution in [-0.4, -0.2) is 22.7 Å². The molecule has 1 aromatic heterocycles. The maximum absolute atomic E-state index is 12.0. The number of benzene rings is 2. The fourth-order valence-corrected chi connectivity index (χ4v) is 4.00. The van der Waals surface area contributed by atoms with Crippen molar-refractivity contribution >= 4 is 34.1 Å². The molecule has 0 bridgehead atoms. The summed E-state index contributed by atoms with van der Waals surface area (Å²) in [4.78, 5) is 12.0. The van der Waals surface area contributed by atoms with Crippen molar-refractivity contribution in [1.82, 2.24) is 10.2 Å². The fourth-order valence-electron chi connectivity index (χ4n) is 2.28. The summed E-state index contributed by atoms with van der Waals surface area (Å²) in [5.41, 5.74) is 2.43. The zero-order valence-corrected chi connectivity index (χ0v) is 16.7. The van der Waals surface area contributed by atoms with Crippen LogP contribution in [-0.2, 0) is 10.5 Å². The summed E-state index contributed by atoms with van der Waals surface area (Å²) < 4.78 is 6.48. The summed E-state index contributed by atoms with van der Waals surface area (Å²) in [6.45, 7) is 2.54. The molecular formula is C20H21N3O2S2. The molecule has 0 atom stereocenters. The number of hydrogen-bond acceptors (Lipinski definition) is 6. The number of carbonyl (C=O) groups excluding carboxylic acids is 1. The highest BCUT2D eigenvalue weighted by molar-refractivity contribution is 8.00. The van der Waals surface area contributed by atoms with Gasteiger partial charge in [-0.1, -0.05) is 71.1 Å². The van der Waals surface area contributed by atoms with Gasteiger partial charge < -0.3 is 10.1 Å². The Morgan fingerprint density at radius 3 is 2.67 bits per heavy atom. The minimum Gasteiger partial charge on any atom is -0.494 e. The molecule has 1 N–H and O–H groups in total. The third kappa shape index (κ3) is 6.69. The molecule has 0 aliphatic heterocycles. The fraction of sp³-hybridized carbons (Fsp3) is 0.250. The number of nitrogens with zero attached hydrogens (tertiary/aromatic N) is 2. The lowest BCUT2D eigenvalue weighted by molar-refractivity contribution is -0.116. The van der Waals surface area contributed by atoms with Gasteiger partial charge in [0.25, 0.3) is 0 Å². The van der Waals surface area contributed by atoms with Crippen LogP contribution in [0.1, 0.15) is 24.0 Å². The van der Waals surface area contributed by atoms with Gasteiger partial charge in [-0.2, -0.15) is 0 Å². The molecule has 0 aliphatic rings. The molecule has 0 saturated carbocycles. The molecule has 1 heterocycles. The monoisotopic (exact) mass is 399 g/mol. The minimum atomic E-state index is -0.0711. The average molecular weight is 400 g/mol. The summed E-state index contributed by atoms with van der Waals surface area (Å²) in [6.07, 6.45) is 1.03. The second-order valence-electron chi connectivity index (χ2n) is 5.96. The van der Waals surface area contributed by atoms with Gasteiger partial charge in [0.2, 0.25) is 11.0 Å². The SMILES string of the molecule is Cc1ccc(OCCCC(=O)Nc2nnc(SCc3ccccc3)s2)cc1. The normalized spacial score (nSPS) is 10.6. The van der Waals surface area contributed by atoms with E-state index in [2.05, 4.69) is 27.6 Å². The van der Waals surface area contributed by atoms with Crippen LogP contribution in [0.25, 0.3) is 0 Å². The van der Waals surface area contributed by atoms with Gasteiger partial charge in [0.15, 0.2) is 4.34 Å². The summed E-state index contributed by atoms with van der Waals surface area (Å²) >= 11 is 3.01. The summed E-state index contributed by atoms with van der Waals surface area (Å²) in [5, 5.41) is 11.5. The van der Waals surface area contributed by atoms with Crippen LogP contribution in [0.2, 0.25) is 0 Å². The molecule has 140 valence electrons. The Morgan fingerprint density at radius 2 is 1.89 bits per heavy atom. The first-order valence-corrected chi connectivity index (χ1v) is 10.5. The quantitative estimate of drug-likeness (QED) is 0.314. The molecule has 0 radical (unpaired) electrons. The molecule has 0 fully saturated rings. The summed E-state index contributed by atoms with van der Waals surface area (Å²) in [7, 11) is 0. The van der Waals surface area contributed by atoms with Crippen LogP contribution in [0.3, 0.4) is 0 Å². The lowest BCUT2D eigenvalue weighted by atomic mass is 10.2. The van der Waals surface area contributed by atoms with E-state index in [1.165, 1.54) is 22.5 Å². The number of hydrogen-bond donors (Lipinski definition) is 1. The third-order valence-electron chi connectivity index (χ3n) is 3.70. The van der Waals surface area contributed by atoms with Crippen molar-refractivity contribution in [2.45, 2.75) is 29.9 Å². The number of thioether (sulfide) groups is 1. The lowest BCUT2D eigenvalue weighted by Crippen LogP contribution is -2.12. The van der Waals surface area contributed by atoms with Crippen molar-refractivity contribution in [3.05, 3.63) is 65.7 Å². The Hall–Kier alpha value is -2.38. The maximum atomic E-state index is 12.0. The van der Waals surface area contributed by atoms with E-state index >= 15 is 0 Å². The van der Waals surface area contributed by atoms with Gasteiger partial charge in [-0.05, 0) is 31.0 Å². The number of aryl methyl sites for hydroxylation is 1. The number of aromatic nitrogens is 2. The zero-order valence-electron chi connectivity index (χ0n) is 15.1. The standard InChI is InChI=1S/C20H21N3O2S2/c1-15-9-11-17(12-10-15)25-13-5-8-18(24)21-19-22-23-20(27-19)26-14-16-6-3-2-4-7-16/h2-4,6-7,9-12H,5,8,13-14H2,1H3,(H,21,22,24). The molecule has 3 aromatic rings. The number of anilines is 1. The Labute approximate surface area is 167 Å². The van der Waals surface area contributed by atoms with Crippen molar-refractivity contribution in [1.29, 1.82) is 0 Å².